The van der Waals surface area contributed by atoms with Crippen LogP contribution in [-0.4, -0.2) is 19.8 Å². The number of nitrogens with zero attached hydrogens (tertiary/aromatic N) is 2. The summed E-state index contributed by atoms with van der Waals surface area (Å²) in [6.45, 7) is 0. The highest BCUT2D eigenvalue weighted by Crippen LogP contribution is 2.19. The molecule has 0 saturated carbocycles. The quantitative estimate of drug-likeness (QED) is 0.872. The van der Waals surface area contributed by atoms with E-state index in [9.17, 15) is 8.42 Å². The number of hydrogen-bond acceptors (Lipinski definition) is 4. The molecule has 0 aliphatic rings. The minimum absolute atomic E-state index is 0.285. The van der Waals surface area contributed by atoms with Crippen molar-refractivity contribution in [2.45, 2.75) is 0 Å². The highest BCUT2D eigenvalue weighted by molar-refractivity contribution is 7.92. The first-order chi connectivity index (χ1) is 10.4. The number of anilines is 1. The Labute approximate surface area is 133 Å². The number of hydrogen-bond donors (Lipinski definition) is 1. The van der Waals surface area contributed by atoms with Crippen molar-refractivity contribution in [3.05, 3.63) is 59.7 Å². The molecule has 0 aliphatic carbocycles. The fourth-order valence-corrected chi connectivity index (χ4v) is 2.47. The number of nitriles is 1. The second-order valence-corrected chi connectivity index (χ2v) is 6.62. The standard InChI is InChI=1S/C15H12ClN3O2S/c1-22(20,21)19-14-8-6-13(7-9-14)18-15(16)12-4-2-11(10-17)3-5-12/h2-9,19H,1H3/b18-15-. The molecule has 2 rings (SSSR count). The summed E-state index contributed by atoms with van der Waals surface area (Å²) in [5.74, 6) is 0. The lowest BCUT2D eigenvalue weighted by molar-refractivity contribution is 0.607. The summed E-state index contributed by atoms with van der Waals surface area (Å²) in [5.41, 5.74) is 2.28. The van der Waals surface area contributed by atoms with Crippen LogP contribution in [0.2, 0.25) is 0 Å². The Hall–Kier alpha value is -2.36. The van der Waals surface area contributed by atoms with Gasteiger partial charge in [-0.05, 0) is 36.4 Å². The molecule has 0 aliphatic heterocycles. The first kappa shape index (κ1) is 16.0. The number of rotatable bonds is 4. The van der Waals surface area contributed by atoms with Gasteiger partial charge in [0.05, 0.1) is 23.6 Å². The number of benzene rings is 2. The third kappa shape index (κ3) is 4.58. The Morgan fingerprint density at radius 2 is 1.73 bits per heavy atom. The molecule has 0 unspecified atom stereocenters. The molecule has 2 aromatic carbocycles. The maximum Gasteiger partial charge on any atom is 0.229 e. The van der Waals surface area contributed by atoms with E-state index in [-0.39, 0.29) is 5.17 Å². The Morgan fingerprint density at radius 3 is 2.23 bits per heavy atom. The Balaban J connectivity index is 2.19. The summed E-state index contributed by atoms with van der Waals surface area (Å²) in [6, 6.07) is 15.3. The van der Waals surface area contributed by atoms with Gasteiger partial charge in [-0.3, -0.25) is 4.72 Å². The van der Waals surface area contributed by atoms with Gasteiger partial charge in [0.1, 0.15) is 5.17 Å². The number of halogens is 1. The molecule has 0 bridgehead atoms. The van der Waals surface area contributed by atoms with Gasteiger partial charge < -0.3 is 0 Å². The number of nitrogens with one attached hydrogen (secondary N) is 1. The number of sulfonamides is 1. The molecule has 5 nitrogen and oxygen atoms in total. The van der Waals surface area contributed by atoms with E-state index in [1.54, 1.807) is 48.5 Å². The van der Waals surface area contributed by atoms with Gasteiger partial charge in [-0.15, -0.1) is 0 Å². The van der Waals surface area contributed by atoms with Crippen molar-refractivity contribution in [1.29, 1.82) is 5.26 Å². The molecule has 0 heterocycles. The lowest BCUT2D eigenvalue weighted by Crippen LogP contribution is -2.09. The van der Waals surface area contributed by atoms with Crippen molar-refractivity contribution in [3.8, 4) is 6.07 Å². The van der Waals surface area contributed by atoms with Gasteiger partial charge in [0.25, 0.3) is 0 Å². The first-order valence-corrected chi connectivity index (χ1v) is 8.47. The van der Waals surface area contributed by atoms with E-state index < -0.39 is 10.0 Å². The topological polar surface area (TPSA) is 82.3 Å². The van der Waals surface area contributed by atoms with Gasteiger partial charge in [0.2, 0.25) is 10.0 Å². The van der Waals surface area contributed by atoms with Gasteiger partial charge in [-0.2, -0.15) is 5.26 Å². The van der Waals surface area contributed by atoms with Crippen molar-refractivity contribution in [1.82, 2.24) is 0 Å². The first-order valence-electron chi connectivity index (χ1n) is 6.20. The number of aliphatic imine (C=N–C) groups is 1. The minimum atomic E-state index is -3.30. The molecule has 22 heavy (non-hydrogen) atoms. The summed E-state index contributed by atoms with van der Waals surface area (Å²) in [4.78, 5) is 4.24. The smallest absolute Gasteiger partial charge is 0.229 e. The molecule has 0 aromatic heterocycles. The molecular weight excluding hydrogens is 322 g/mol. The van der Waals surface area contributed by atoms with E-state index in [1.165, 1.54) is 0 Å². The molecule has 0 spiro atoms. The zero-order chi connectivity index (χ0) is 16.2. The Bertz CT molecular complexity index is 836. The van der Waals surface area contributed by atoms with Crippen LogP contribution in [-0.2, 0) is 10.0 Å². The average Bonchev–Trinajstić information content (AvgIpc) is 2.48. The summed E-state index contributed by atoms with van der Waals surface area (Å²) in [5, 5.41) is 9.03. The van der Waals surface area contributed by atoms with Crippen molar-refractivity contribution >= 4 is 38.2 Å². The van der Waals surface area contributed by atoms with E-state index in [0.717, 1.165) is 6.26 Å². The van der Waals surface area contributed by atoms with E-state index in [0.29, 0.717) is 22.5 Å². The Kier molecular flexibility index (Phi) is 4.81. The summed E-state index contributed by atoms with van der Waals surface area (Å²) < 4.78 is 24.6. The SMILES string of the molecule is CS(=O)(=O)Nc1ccc(/N=C(\Cl)c2ccc(C#N)cc2)cc1. The van der Waals surface area contributed by atoms with Gasteiger partial charge in [0, 0.05) is 11.3 Å². The van der Waals surface area contributed by atoms with Crippen molar-refractivity contribution in [2.75, 3.05) is 11.0 Å². The molecule has 0 atom stereocenters. The second-order valence-electron chi connectivity index (χ2n) is 4.51. The van der Waals surface area contributed by atoms with E-state index in [2.05, 4.69) is 9.71 Å². The van der Waals surface area contributed by atoms with Crippen LogP contribution < -0.4 is 4.72 Å². The maximum atomic E-state index is 11.1. The molecule has 0 fully saturated rings. The molecule has 7 heteroatoms. The van der Waals surface area contributed by atoms with E-state index in [4.69, 9.17) is 16.9 Å². The second kappa shape index (κ2) is 6.60. The fourth-order valence-electron chi connectivity index (χ4n) is 1.68. The van der Waals surface area contributed by atoms with Crippen LogP contribution in [0, 0.1) is 11.3 Å². The Morgan fingerprint density at radius 1 is 1.14 bits per heavy atom. The third-order valence-electron chi connectivity index (χ3n) is 2.65. The van der Waals surface area contributed by atoms with E-state index >= 15 is 0 Å². The predicted molar refractivity (Wildman–Crippen MR) is 88.1 cm³/mol. The van der Waals surface area contributed by atoms with Crippen LogP contribution in [0.25, 0.3) is 0 Å². The van der Waals surface area contributed by atoms with Gasteiger partial charge in [0.15, 0.2) is 0 Å². The van der Waals surface area contributed by atoms with Crippen LogP contribution in [0.3, 0.4) is 0 Å². The summed E-state index contributed by atoms with van der Waals surface area (Å²) in [7, 11) is -3.30. The molecular formula is C15H12ClN3O2S. The lowest BCUT2D eigenvalue weighted by Gasteiger charge is -2.04. The fraction of sp³-hybridized carbons (Fsp3) is 0.0667. The normalized spacial score (nSPS) is 11.8. The molecule has 0 saturated heterocycles. The van der Waals surface area contributed by atoms with Crippen molar-refractivity contribution in [3.63, 3.8) is 0 Å². The zero-order valence-corrected chi connectivity index (χ0v) is 13.2. The summed E-state index contributed by atoms with van der Waals surface area (Å²) >= 11 is 6.14. The van der Waals surface area contributed by atoms with Gasteiger partial charge in [-0.25, -0.2) is 13.4 Å². The highest BCUT2D eigenvalue weighted by Gasteiger charge is 2.03. The summed E-state index contributed by atoms with van der Waals surface area (Å²) in [6.07, 6.45) is 1.08. The monoisotopic (exact) mass is 333 g/mol. The predicted octanol–water partition coefficient (Wildman–Crippen LogP) is 3.25. The van der Waals surface area contributed by atoms with Crippen LogP contribution in [0.5, 0.6) is 0 Å². The minimum Gasteiger partial charge on any atom is -0.284 e. The molecule has 1 N–H and O–H groups in total. The van der Waals surface area contributed by atoms with E-state index in [1.807, 2.05) is 6.07 Å². The van der Waals surface area contributed by atoms with Crippen LogP contribution >= 0.6 is 11.6 Å². The van der Waals surface area contributed by atoms with Crippen LogP contribution in [0.4, 0.5) is 11.4 Å². The van der Waals surface area contributed by atoms with Crippen molar-refractivity contribution < 1.29 is 8.42 Å². The van der Waals surface area contributed by atoms with Gasteiger partial charge >= 0.3 is 0 Å². The van der Waals surface area contributed by atoms with Crippen LogP contribution in [0.15, 0.2) is 53.5 Å². The van der Waals surface area contributed by atoms with Crippen molar-refractivity contribution in [2.24, 2.45) is 4.99 Å². The zero-order valence-electron chi connectivity index (χ0n) is 11.6. The molecule has 112 valence electrons. The largest absolute Gasteiger partial charge is 0.284 e. The molecule has 0 radical (unpaired) electrons. The average molecular weight is 334 g/mol. The maximum absolute atomic E-state index is 11.1. The third-order valence-corrected chi connectivity index (χ3v) is 3.56. The molecule has 2 aromatic rings. The molecule has 0 amide bonds. The van der Waals surface area contributed by atoms with Gasteiger partial charge in [-0.1, -0.05) is 23.7 Å². The lowest BCUT2D eigenvalue weighted by atomic mass is 10.1. The highest BCUT2D eigenvalue weighted by atomic mass is 35.5. The van der Waals surface area contributed by atoms with Crippen LogP contribution in [0.1, 0.15) is 11.1 Å².